The van der Waals surface area contributed by atoms with Crippen molar-refractivity contribution in [3.05, 3.63) is 23.3 Å². The second kappa shape index (κ2) is 7.40. The van der Waals surface area contributed by atoms with Gasteiger partial charge in [-0.3, -0.25) is 9.59 Å². The zero-order chi connectivity index (χ0) is 16.1. The number of carbonyl (C=O) groups excluding carboxylic acids is 2. The molecule has 0 aromatic heterocycles. The van der Waals surface area contributed by atoms with E-state index in [-0.39, 0.29) is 18.4 Å². The third kappa shape index (κ3) is 3.85. The molecule has 0 radical (unpaired) electrons. The van der Waals surface area contributed by atoms with Crippen molar-refractivity contribution in [3.8, 4) is 11.5 Å². The van der Waals surface area contributed by atoms with Crippen LogP contribution < -0.4 is 9.47 Å². The van der Waals surface area contributed by atoms with Crippen LogP contribution in [-0.2, 0) is 16.1 Å². The molecule has 0 N–H and O–H groups in total. The highest BCUT2D eigenvalue weighted by Crippen LogP contribution is 2.30. The number of amides is 1. The fraction of sp³-hybridized carbons (Fsp3) is 0.467. The van der Waals surface area contributed by atoms with Gasteiger partial charge in [0.15, 0.2) is 11.5 Å². The summed E-state index contributed by atoms with van der Waals surface area (Å²) in [6.45, 7) is 2.64. The van der Waals surface area contributed by atoms with Crippen LogP contribution in [0.3, 0.4) is 0 Å². The van der Waals surface area contributed by atoms with Gasteiger partial charge in [-0.25, -0.2) is 0 Å². The van der Waals surface area contributed by atoms with Gasteiger partial charge in [0.05, 0.1) is 14.2 Å². The second-order valence-electron chi connectivity index (χ2n) is 4.83. The molecule has 0 spiro atoms. The average molecular weight is 325 g/mol. The molecule has 7 heteroatoms. The molecule has 0 aliphatic carbocycles. The Morgan fingerprint density at radius 2 is 1.95 bits per heavy atom. The predicted octanol–water partition coefficient (Wildman–Crippen LogP) is 2.22. The van der Waals surface area contributed by atoms with Gasteiger partial charge in [0.25, 0.3) is 5.24 Å². The van der Waals surface area contributed by atoms with Crippen molar-refractivity contribution in [2.24, 2.45) is 0 Å². The Hall–Kier alpha value is -1.89. The Kier molecular flexibility index (Phi) is 5.54. The maximum atomic E-state index is 11.8. The van der Waals surface area contributed by atoms with Gasteiger partial charge in [-0.2, -0.15) is 0 Å². The molecular formula is C15H19NO5S. The summed E-state index contributed by atoms with van der Waals surface area (Å²) in [5.74, 6) is 1.53. The number of rotatable bonds is 6. The first-order chi connectivity index (χ1) is 10.5. The first-order valence-electron chi connectivity index (χ1n) is 6.84. The Morgan fingerprint density at radius 3 is 2.55 bits per heavy atom. The van der Waals surface area contributed by atoms with E-state index in [0.29, 0.717) is 18.0 Å². The maximum absolute atomic E-state index is 11.8. The first kappa shape index (κ1) is 16.5. The van der Waals surface area contributed by atoms with E-state index in [0.717, 1.165) is 16.9 Å². The minimum Gasteiger partial charge on any atom is -0.493 e. The number of benzene rings is 1. The van der Waals surface area contributed by atoms with Crippen LogP contribution in [-0.4, -0.2) is 49.2 Å². The van der Waals surface area contributed by atoms with Crippen molar-refractivity contribution in [2.45, 2.75) is 13.5 Å². The lowest BCUT2D eigenvalue weighted by atomic mass is 10.1. The molecule has 1 amide bonds. The lowest BCUT2D eigenvalue weighted by Gasteiger charge is -2.15. The minimum atomic E-state index is -0.412. The van der Waals surface area contributed by atoms with Gasteiger partial charge >= 0.3 is 5.97 Å². The van der Waals surface area contributed by atoms with E-state index >= 15 is 0 Å². The van der Waals surface area contributed by atoms with E-state index in [9.17, 15) is 9.59 Å². The largest absolute Gasteiger partial charge is 0.493 e. The normalized spacial score (nSPS) is 14.1. The monoisotopic (exact) mass is 325 g/mol. The molecule has 1 fully saturated rings. The third-order valence-electron chi connectivity index (χ3n) is 3.40. The molecule has 1 aromatic rings. The van der Waals surface area contributed by atoms with Gasteiger partial charge in [-0.05, 0) is 30.2 Å². The zero-order valence-electron chi connectivity index (χ0n) is 12.9. The fourth-order valence-electron chi connectivity index (χ4n) is 2.11. The number of hydrogen-bond acceptors (Lipinski definition) is 6. The lowest BCUT2D eigenvalue weighted by Crippen LogP contribution is -2.30. The smallest absolute Gasteiger partial charge is 0.326 e. The van der Waals surface area contributed by atoms with Crippen molar-refractivity contribution in [1.82, 2.24) is 4.90 Å². The van der Waals surface area contributed by atoms with Gasteiger partial charge in [-0.15, -0.1) is 0 Å². The number of carbonyl (C=O) groups is 2. The van der Waals surface area contributed by atoms with Crippen LogP contribution in [0.25, 0.3) is 0 Å². The molecule has 0 unspecified atom stereocenters. The van der Waals surface area contributed by atoms with Crippen LogP contribution >= 0.6 is 11.8 Å². The van der Waals surface area contributed by atoms with Crippen molar-refractivity contribution in [2.75, 3.05) is 33.1 Å². The van der Waals surface area contributed by atoms with Crippen LogP contribution in [0.4, 0.5) is 4.79 Å². The summed E-state index contributed by atoms with van der Waals surface area (Å²) in [5.41, 5.74) is 1.78. The number of nitrogens with zero attached hydrogens (tertiary/aromatic N) is 1. The molecule has 0 bridgehead atoms. The van der Waals surface area contributed by atoms with E-state index in [1.165, 1.54) is 16.7 Å². The standard InChI is InChI=1S/C15H19NO5S/c1-10-6-12(19-2)13(20-3)7-11(10)9-21-14(17)8-16-4-5-22-15(16)18/h6-7H,4-5,8-9H2,1-3H3. The van der Waals surface area contributed by atoms with Crippen LogP contribution in [0.2, 0.25) is 0 Å². The number of esters is 1. The van der Waals surface area contributed by atoms with Gasteiger partial charge < -0.3 is 19.1 Å². The van der Waals surface area contributed by atoms with E-state index < -0.39 is 5.97 Å². The van der Waals surface area contributed by atoms with Gasteiger partial charge in [0, 0.05) is 12.3 Å². The summed E-state index contributed by atoms with van der Waals surface area (Å²) in [6, 6.07) is 3.63. The van der Waals surface area contributed by atoms with Crippen LogP contribution in [0.5, 0.6) is 11.5 Å². The number of thioether (sulfide) groups is 1. The maximum Gasteiger partial charge on any atom is 0.326 e. The fourth-order valence-corrected chi connectivity index (χ4v) is 2.93. The van der Waals surface area contributed by atoms with E-state index in [1.54, 1.807) is 20.3 Å². The van der Waals surface area contributed by atoms with Crippen LogP contribution in [0, 0.1) is 6.92 Å². The number of aryl methyl sites for hydroxylation is 1. The molecule has 1 aliphatic rings. The SMILES string of the molecule is COc1cc(C)c(COC(=O)CN2CCSC2=O)cc1OC. The summed E-state index contributed by atoms with van der Waals surface area (Å²) in [5, 5.41) is -0.0701. The van der Waals surface area contributed by atoms with Gasteiger partial charge in [0.1, 0.15) is 13.2 Å². The topological polar surface area (TPSA) is 65.1 Å². The Labute approximate surface area is 133 Å². The van der Waals surface area contributed by atoms with Crippen molar-refractivity contribution in [3.63, 3.8) is 0 Å². The summed E-state index contributed by atoms with van der Waals surface area (Å²) in [7, 11) is 3.13. The quantitative estimate of drug-likeness (QED) is 0.747. The van der Waals surface area contributed by atoms with Crippen LogP contribution in [0.15, 0.2) is 12.1 Å². The van der Waals surface area contributed by atoms with Crippen molar-refractivity contribution < 1.29 is 23.8 Å². The lowest BCUT2D eigenvalue weighted by molar-refractivity contribution is -0.145. The summed E-state index contributed by atoms with van der Waals surface area (Å²) >= 11 is 1.22. The Bertz CT molecular complexity index is 575. The Balaban J connectivity index is 1.96. The highest BCUT2D eigenvalue weighted by atomic mass is 32.2. The van der Waals surface area contributed by atoms with Crippen molar-refractivity contribution in [1.29, 1.82) is 0 Å². The van der Waals surface area contributed by atoms with E-state index in [4.69, 9.17) is 14.2 Å². The molecule has 1 aliphatic heterocycles. The molecule has 6 nitrogen and oxygen atoms in total. The molecular weight excluding hydrogens is 306 g/mol. The second-order valence-corrected chi connectivity index (χ2v) is 5.88. The molecule has 0 atom stereocenters. The van der Waals surface area contributed by atoms with Gasteiger partial charge in [-0.1, -0.05) is 11.8 Å². The number of hydrogen-bond donors (Lipinski definition) is 0. The van der Waals surface area contributed by atoms with Crippen molar-refractivity contribution >= 4 is 23.0 Å². The first-order valence-corrected chi connectivity index (χ1v) is 7.82. The number of ether oxygens (including phenoxy) is 3. The molecule has 1 aromatic carbocycles. The molecule has 2 rings (SSSR count). The van der Waals surface area contributed by atoms with Gasteiger partial charge in [0.2, 0.25) is 0 Å². The minimum absolute atomic E-state index is 0.00181. The molecule has 120 valence electrons. The average Bonchev–Trinajstić information content (AvgIpc) is 2.90. The highest BCUT2D eigenvalue weighted by Gasteiger charge is 2.24. The third-order valence-corrected chi connectivity index (χ3v) is 4.29. The van der Waals surface area contributed by atoms with Crippen LogP contribution in [0.1, 0.15) is 11.1 Å². The summed E-state index contributed by atoms with van der Waals surface area (Å²) < 4.78 is 15.7. The number of methoxy groups -OCH3 is 2. The summed E-state index contributed by atoms with van der Waals surface area (Å²) in [4.78, 5) is 24.8. The molecule has 22 heavy (non-hydrogen) atoms. The Morgan fingerprint density at radius 1 is 1.27 bits per heavy atom. The molecule has 1 saturated heterocycles. The predicted molar refractivity (Wildman–Crippen MR) is 83.5 cm³/mol. The highest BCUT2D eigenvalue weighted by molar-refractivity contribution is 8.13. The molecule has 1 heterocycles. The van der Waals surface area contributed by atoms with E-state index in [2.05, 4.69) is 0 Å². The zero-order valence-corrected chi connectivity index (χ0v) is 13.7. The summed E-state index contributed by atoms with van der Waals surface area (Å²) in [6.07, 6.45) is 0. The molecule has 0 saturated carbocycles. The van der Waals surface area contributed by atoms with E-state index in [1.807, 2.05) is 13.0 Å².